The van der Waals surface area contributed by atoms with E-state index in [1.54, 1.807) is 13.2 Å². The van der Waals surface area contributed by atoms with Crippen molar-refractivity contribution in [2.24, 2.45) is 9.98 Å². The molecule has 10 rings (SSSR count). The molecular weight excluding hydrogens is 1220 g/mol. The Morgan fingerprint density at radius 1 is 0.580 bits per heavy atom. The van der Waals surface area contributed by atoms with Gasteiger partial charge in [-0.05, 0) is 138 Å². The van der Waals surface area contributed by atoms with E-state index in [2.05, 4.69) is 217 Å². The molecule has 0 bridgehead atoms. The van der Waals surface area contributed by atoms with E-state index < -0.39 is 6.34 Å². The zero-order valence-corrected chi connectivity index (χ0v) is 56.8. The van der Waals surface area contributed by atoms with Crippen LogP contribution in [0.25, 0.3) is 66.8 Å². The van der Waals surface area contributed by atoms with Gasteiger partial charge in [0, 0.05) is 133 Å². The second-order valence-corrected chi connectivity index (χ2v) is 26.2. The summed E-state index contributed by atoms with van der Waals surface area (Å²) in [4.78, 5) is 15.1. The van der Waals surface area contributed by atoms with Crippen molar-refractivity contribution >= 4 is 92.1 Å². The van der Waals surface area contributed by atoms with Crippen molar-refractivity contribution in [2.45, 2.75) is 62.3 Å². The summed E-state index contributed by atoms with van der Waals surface area (Å²) < 4.78 is 29.0. The largest absolute Gasteiger partial charge is 1.00 e. The van der Waals surface area contributed by atoms with Crippen LogP contribution in [0.3, 0.4) is 0 Å². The van der Waals surface area contributed by atoms with Crippen LogP contribution >= 0.6 is 6.34 Å². The molecule has 0 spiro atoms. The van der Waals surface area contributed by atoms with E-state index in [4.69, 9.17) is 65.9 Å². The van der Waals surface area contributed by atoms with Crippen LogP contribution in [0.15, 0.2) is 164 Å². The van der Waals surface area contributed by atoms with Gasteiger partial charge in [0.25, 0.3) is 0 Å². The topological polar surface area (TPSA) is 103 Å². The van der Waals surface area contributed by atoms with E-state index in [1.807, 2.05) is 12.1 Å². The molecule has 2 aliphatic carbocycles. The van der Waals surface area contributed by atoms with Gasteiger partial charge in [-0.1, -0.05) is 70.4 Å². The molecule has 3 heterocycles. The van der Waals surface area contributed by atoms with E-state index in [-0.39, 0.29) is 17.1 Å². The predicted molar refractivity (Wildman–Crippen MR) is 375 cm³/mol. The van der Waals surface area contributed by atoms with Crippen molar-refractivity contribution in [3.8, 4) is 56.7 Å². The third kappa shape index (κ3) is 14.0. The molecule has 0 atom stereocenters. The van der Waals surface area contributed by atoms with Crippen molar-refractivity contribution in [1.29, 1.82) is 5.26 Å². The number of nitrogens with zero attached hydrogens (tertiary/aromatic N) is 9. The maximum Gasteiger partial charge on any atom is 1.00 e. The summed E-state index contributed by atoms with van der Waals surface area (Å²) in [7, 11) is 1.70. The van der Waals surface area contributed by atoms with Crippen LogP contribution in [0.4, 0.5) is 11.4 Å². The third-order valence-corrected chi connectivity index (χ3v) is 22.8. The second kappa shape index (κ2) is 31.1. The molecule has 0 radical (unpaired) electrons. The van der Waals surface area contributed by atoms with Crippen LogP contribution in [0, 0.1) is 11.3 Å². The smallest absolute Gasteiger partial charge is 0.760 e. The average molecular weight is 1300 g/mol. The Morgan fingerprint density at radius 2 is 0.977 bits per heavy atom. The van der Waals surface area contributed by atoms with Crippen molar-refractivity contribution in [2.75, 3.05) is 109 Å². The number of hydrogen-bond donors (Lipinski definition) is 0. The summed E-state index contributed by atoms with van der Waals surface area (Å²) in [5.41, 5.74) is 12.0. The van der Waals surface area contributed by atoms with Crippen molar-refractivity contribution in [3.63, 3.8) is 0 Å². The third-order valence-electron chi connectivity index (χ3n) is 16.8. The van der Waals surface area contributed by atoms with Gasteiger partial charge in [0.15, 0.2) is 0 Å². The fourth-order valence-electron chi connectivity index (χ4n) is 12.2. The first-order valence-electron chi connectivity index (χ1n) is 30.7. The monoisotopic (exact) mass is 1300 g/mol. The molecular formula is C71H82CuN9O3PS3+. The second-order valence-electron chi connectivity index (χ2n) is 21.2. The van der Waals surface area contributed by atoms with Gasteiger partial charge in [-0.15, -0.1) is 0 Å². The Morgan fingerprint density at radius 3 is 1.35 bits per heavy atom. The first kappa shape index (κ1) is 67.2. The minimum atomic E-state index is -2.52. The molecule has 462 valence electrons. The maximum atomic E-state index is 7.32. The van der Waals surface area contributed by atoms with Gasteiger partial charge in [-0.2, -0.15) is 5.26 Å². The quantitative estimate of drug-likeness (QED) is 0.0123. The Kier molecular flexibility index (Phi) is 23.8. The minimum absolute atomic E-state index is 0. The zero-order chi connectivity index (χ0) is 61.8. The van der Waals surface area contributed by atoms with Crippen molar-refractivity contribution in [3.05, 3.63) is 167 Å². The Bertz CT molecular complexity index is 3890. The van der Waals surface area contributed by atoms with Gasteiger partial charge < -0.3 is 58.6 Å². The number of fused-ring (bicyclic) bond motifs is 4. The predicted octanol–water partition coefficient (Wildman–Crippen LogP) is 13.1. The van der Waals surface area contributed by atoms with E-state index in [0.29, 0.717) is 36.3 Å². The summed E-state index contributed by atoms with van der Waals surface area (Å²) in [5.74, 6) is 2.45. The molecule has 0 amide bonds. The molecule has 0 N–H and O–H groups in total. The maximum absolute atomic E-state index is 7.32. The SMILES string of the molecule is CC#N.CCN(CC)c1ccc2c(-c3ccccc3C([S-])=NCCN3CCN(CCN=C([S-])c4ccccc4-c4c5ccc(=[N+](CC)CC)cc-5oc5cc(N(CC)CC)ccc45)P3(=S)c3ccc(OC)cc3)c3ccc(=[N+](CC)CC)cc-3oc2c1.[Cu+]. The molecule has 1 fully saturated rings. The van der Waals surface area contributed by atoms with E-state index in [1.165, 1.54) is 6.92 Å². The van der Waals surface area contributed by atoms with Gasteiger partial charge >= 0.3 is 17.1 Å². The number of nitriles is 1. The van der Waals surface area contributed by atoms with Crippen LogP contribution in [0.5, 0.6) is 5.75 Å². The number of ether oxygens (including phenoxy) is 1. The van der Waals surface area contributed by atoms with Gasteiger partial charge in [0.05, 0.1) is 38.4 Å². The molecule has 12 nitrogen and oxygen atoms in total. The number of hydrogen-bond acceptors (Lipinski definition) is 11. The fraction of sp³-hybridized carbons (Fsp3) is 0.338. The molecule has 3 aliphatic heterocycles. The van der Waals surface area contributed by atoms with E-state index >= 15 is 0 Å². The number of anilines is 2. The Labute approximate surface area is 547 Å². The number of aliphatic imine (C=N–C) groups is 2. The first-order chi connectivity index (χ1) is 42.4. The van der Waals surface area contributed by atoms with Crippen LogP contribution < -0.4 is 39.7 Å². The van der Waals surface area contributed by atoms with Crippen LogP contribution in [0.2, 0.25) is 0 Å². The first-order valence-corrected chi connectivity index (χ1v) is 34.2. The number of methoxy groups -OCH3 is 1. The molecule has 1 saturated heterocycles. The summed E-state index contributed by atoms with van der Waals surface area (Å²) in [6.45, 7) is 30.0. The summed E-state index contributed by atoms with van der Waals surface area (Å²) in [6.07, 6.45) is -2.52. The number of benzene rings is 7. The molecule has 0 unspecified atom stereocenters. The van der Waals surface area contributed by atoms with Crippen LogP contribution in [0.1, 0.15) is 73.4 Å². The van der Waals surface area contributed by atoms with Gasteiger partial charge in [0.1, 0.15) is 61.0 Å². The fourth-order valence-corrected chi connectivity index (χ4v) is 17.1. The molecule has 17 heteroatoms. The Hall–Kier alpha value is -6.76. The molecule has 5 aromatic carbocycles. The van der Waals surface area contributed by atoms with E-state index in [9.17, 15) is 0 Å². The zero-order valence-electron chi connectivity index (χ0n) is 52.5. The van der Waals surface area contributed by atoms with Crippen LogP contribution in [-0.4, -0.2) is 118 Å². The van der Waals surface area contributed by atoms with Crippen molar-refractivity contribution < 1.29 is 30.6 Å². The summed E-state index contributed by atoms with van der Waals surface area (Å²) in [6, 6.07) is 53.3. The molecule has 5 aliphatic rings. The minimum Gasteiger partial charge on any atom is -0.760 e. The van der Waals surface area contributed by atoms with Crippen molar-refractivity contribution in [1.82, 2.24) is 18.5 Å². The average Bonchev–Trinajstić information content (AvgIpc) is 1.39. The van der Waals surface area contributed by atoms with Gasteiger partial charge in [-0.25, -0.2) is 9.15 Å². The summed E-state index contributed by atoms with van der Waals surface area (Å²) in [5, 5.41) is 13.9. The standard InChI is InChI=1S/C69H79N8O3PS3.C2H3N.Cu/c1-10-72(11-2)48-26-34-58-62(44-48)79-63-45-49(73(12-3)13-4)27-35-59(63)66(58)54-22-18-20-24-56(54)68(82)70-38-40-76-42-43-77(81(76,84)53-32-30-52(78-9)31-33-53)41-39-71-69(83)57-25-21-19-23-55(57)67-60-36-28-50(74(14-5)15-6)46-64(60)80-65-47-51(29-37-61(65)67)75(16-7)17-8;1-2-3;/h18-37,44-47H,10-17,38-43H2,1-9H3;1H3;/q;;+1. The van der Waals surface area contributed by atoms with E-state index in [0.717, 1.165) is 177 Å². The summed E-state index contributed by atoms with van der Waals surface area (Å²) >= 11 is 19.6. The van der Waals surface area contributed by atoms with Crippen LogP contribution in [-0.2, 0) is 54.1 Å². The molecule has 0 aromatic heterocycles. The molecule has 88 heavy (non-hydrogen) atoms. The van der Waals surface area contributed by atoms with Gasteiger partial charge in [-0.3, -0.25) is 9.34 Å². The van der Waals surface area contributed by atoms with Gasteiger partial charge in [0.2, 0.25) is 10.7 Å². The molecule has 5 aromatic rings. The number of rotatable bonds is 22. The normalized spacial score (nSPS) is 14.6. The molecule has 0 saturated carbocycles. The Balaban J connectivity index is 0.00000246.